The van der Waals surface area contributed by atoms with Crippen LogP contribution in [-0.4, -0.2) is 32.1 Å². The second-order valence-corrected chi connectivity index (χ2v) is 7.39. The van der Waals surface area contributed by atoms with E-state index in [1.165, 1.54) is 36.9 Å². The summed E-state index contributed by atoms with van der Waals surface area (Å²) in [4.78, 5) is 14.2. The molecule has 0 spiro atoms. The van der Waals surface area contributed by atoms with Crippen LogP contribution in [0.4, 0.5) is 5.69 Å². The highest BCUT2D eigenvalue weighted by Crippen LogP contribution is 2.18. The summed E-state index contributed by atoms with van der Waals surface area (Å²) in [6.45, 7) is 8.11. The number of rotatable bonds is 12. The van der Waals surface area contributed by atoms with Crippen LogP contribution in [0.15, 0.2) is 54.3 Å². The van der Waals surface area contributed by atoms with Crippen LogP contribution in [0.3, 0.4) is 0 Å². The lowest BCUT2D eigenvalue weighted by molar-refractivity contribution is -0.840. The quantitative estimate of drug-likeness (QED) is 0.604. The second kappa shape index (κ2) is 12.2. The topological polar surface area (TPSA) is 47.8 Å². The Hall–Kier alpha value is -2.33. The van der Waals surface area contributed by atoms with E-state index in [9.17, 15) is 9.90 Å². The first-order valence-corrected chi connectivity index (χ1v) is 10.6. The number of allylic oxidation sites excluding steroid dienone is 3. The number of nitrogens with one attached hydrogen (secondary N) is 1. The molecule has 4 heteroatoms. The minimum Gasteiger partial charge on any atom is -0.550 e. The van der Waals surface area contributed by atoms with Gasteiger partial charge in [0.15, 0.2) is 0 Å². The number of hydrogen-bond donors (Lipinski definition) is 1. The lowest BCUT2D eigenvalue weighted by Gasteiger charge is -2.24. The number of nitrogens with zero attached hydrogens (tertiary/aromatic N) is 1. The summed E-state index contributed by atoms with van der Waals surface area (Å²) in [5.41, 5.74) is 3.66. The first-order chi connectivity index (χ1) is 13.6. The van der Waals surface area contributed by atoms with Crippen molar-refractivity contribution in [2.75, 3.05) is 31.1 Å². The van der Waals surface area contributed by atoms with Crippen LogP contribution < -0.4 is 14.9 Å². The summed E-state index contributed by atoms with van der Waals surface area (Å²) in [6, 6.07) is 8.81. The molecule has 1 atom stereocenters. The molecule has 1 aromatic rings. The third kappa shape index (κ3) is 7.73. The molecule has 2 rings (SSSR count). The Morgan fingerprint density at radius 3 is 2.32 bits per heavy atom. The van der Waals surface area contributed by atoms with Crippen LogP contribution in [0.2, 0.25) is 0 Å². The van der Waals surface area contributed by atoms with Gasteiger partial charge in [0.2, 0.25) is 0 Å². The van der Waals surface area contributed by atoms with Crippen molar-refractivity contribution in [3.05, 3.63) is 59.8 Å². The fourth-order valence-electron chi connectivity index (χ4n) is 3.23. The molecule has 28 heavy (non-hydrogen) atoms. The number of carboxylic acid groups (broad SMARTS) is 1. The van der Waals surface area contributed by atoms with Gasteiger partial charge >= 0.3 is 0 Å². The van der Waals surface area contributed by atoms with Crippen LogP contribution in [0.1, 0.15) is 51.5 Å². The van der Waals surface area contributed by atoms with Crippen LogP contribution in [0.5, 0.6) is 0 Å². The van der Waals surface area contributed by atoms with Gasteiger partial charge in [-0.2, -0.15) is 0 Å². The molecule has 0 aliphatic carbocycles. The molecule has 0 bridgehead atoms. The fourth-order valence-corrected chi connectivity index (χ4v) is 3.23. The van der Waals surface area contributed by atoms with Crippen molar-refractivity contribution in [1.29, 1.82) is 0 Å². The normalized spacial score (nSPS) is 16.4. The van der Waals surface area contributed by atoms with E-state index in [1.807, 2.05) is 6.20 Å². The number of carboxylic acids is 1. The third-order valence-corrected chi connectivity index (χ3v) is 5.05. The number of quaternary nitrogens is 1. The van der Waals surface area contributed by atoms with Crippen molar-refractivity contribution >= 4 is 17.7 Å². The van der Waals surface area contributed by atoms with Crippen LogP contribution in [-0.2, 0) is 4.79 Å². The zero-order chi connectivity index (χ0) is 20.2. The summed E-state index contributed by atoms with van der Waals surface area (Å²) < 4.78 is 0. The highest BCUT2D eigenvalue weighted by Gasteiger charge is 2.08. The first kappa shape index (κ1) is 22.0. The van der Waals surface area contributed by atoms with Gasteiger partial charge < -0.3 is 19.7 Å². The molecule has 0 radical (unpaired) electrons. The van der Waals surface area contributed by atoms with Gasteiger partial charge in [-0.25, -0.2) is 0 Å². The summed E-state index contributed by atoms with van der Waals surface area (Å²) in [5.74, 6) is -0.984. The third-order valence-electron chi connectivity index (χ3n) is 5.05. The monoisotopic (exact) mass is 382 g/mol. The molecule has 0 aromatic heterocycles. The molecule has 1 N–H and O–H groups in total. The number of carbonyl (C=O) groups is 1. The van der Waals surface area contributed by atoms with Crippen molar-refractivity contribution in [2.45, 2.75) is 46.0 Å². The van der Waals surface area contributed by atoms with E-state index in [4.69, 9.17) is 0 Å². The predicted octanol–water partition coefficient (Wildman–Crippen LogP) is 2.59. The average molecular weight is 383 g/mol. The Balaban J connectivity index is 1.91. The Morgan fingerprint density at radius 2 is 1.79 bits per heavy atom. The number of unbranched alkanes of at least 4 members (excludes halogenated alkanes) is 2. The fraction of sp³-hybridized carbons (Fsp3) is 0.458. The van der Waals surface area contributed by atoms with E-state index in [2.05, 4.69) is 67.3 Å². The predicted molar refractivity (Wildman–Crippen MR) is 115 cm³/mol. The number of aliphatic carboxylic acids is 1. The lowest BCUT2D eigenvalue weighted by Crippen LogP contribution is -3.07. The van der Waals surface area contributed by atoms with E-state index in [1.54, 1.807) is 0 Å². The van der Waals surface area contributed by atoms with Crippen LogP contribution in [0.25, 0.3) is 6.08 Å². The molecule has 1 aromatic carbocycles. The molecule has 1 unspecified atom stereocenters. The molecule has 0 saturated heterocycles. The molecule has 0 amide bonds. The van der Waals surface area contributed by atoms with Gasteiger partial charge in [0, 0.05) is 31.2 Å². The molecule has 4 nitrogen and oxygen atoms in total. The molecule has 0 fully saturated rings. The number of anilines is 1. The zero-order valence-electron chi connectivity index (χ0n) is 17.3. The highest BCUT2D eigenvalue weighted by atomic mass is 16.4. The molecule has 1 aliphatic heterocycles. The van der Waals surface area contributed by atoms with Crippen molar-refractivity contribution in [1.82, 2.24) is 0 Å². The van der Waals surface area contributed by atoms with Gasteiger partial charge in [0.1, 0.15) is 6.54 Å². The summed E-state index contributed by atoms with van der Waals surface area (Å²) in [6.07, 6.45) is 15.5. The van der Waals surface area contributed by atoms with Gasteiger partial charge in [-0.3, -0.25) is 0 Å². The summed E-state index contributed by atoms with van der Waals surface area (Å²) in [7, 11) is 0. The van der Waals surface area contributed by atoms with Crippen molar-refractivity contribution in [2.24, 2.45) is 0 Å². The molecule has 1 heterocycles. The van der Waals surface area contributed by atoms with Crippen LogP contribution >= 0.6 is 0 Å². The maximum absolute atomic E-state index is 10.6. The van der Waals surface area contributed by atoms with Gasteiger partial charge in [0.25, 0.3) is 0 Å². The van der Waals surface area contributed by atoms with Crippen LogP contribution in [0, 0.1) is 0 Å². The van der Waals surface area contributed by atoms with Gasteiger partial charge in [-0.15, -0.1) is 0 Å². The minimum atomic E-state index is -0.984. The van der Waals surface area contributed by atoms with Gasteiger partial charge in [0.05, 0.1) is 12.7 Å². The van der Waals surface area contributed by atoms with Crippen molar-refractivity contribution in [3.63, 3.8) is 0 Å². The Bertz CT molecular complexity index is 681. The lowest BCUT2D eigenvalue weighted by atomic mass is 10.1. The zero-order valence-corrected chi connectivity index (χ0v) is 17.3. The Labute approximate surface area is 169 Å². The molecule has 0 saturated carbocycles. The van der Waals surface area contributed by atoms with E-state index >= 15 is 0 Å². The largest absolute Gasteiger partial charge is 0.550 e. The summed E-state index contributed by atoms with van der Waals surface area (Å²) in [5, 5.41) is 10.6. The van der Waals surface area contributed by atoms with Gasteiger partial charge in [-0.05, 0) is 48.3 Å². The molecule has 152 valence electrons. The Kier molecular flexibility index (Phi) is 9.56. The Morgan fingerprint density at radius 1 is 1.11 bits per heavy atom. The minimum absolute atomic E-state index is 0.0958. The highest BCUT2D eigenvalue weighted by molar-refractivity contribution is 5.64. The SMILES string of the molecule is CCCCN(CCCC)c1ccc(/C=C/C2=CC[NH+](CCC(=O)[O-])C=C2)cc1. The van der Waals surface area contributed by atoms with E-state index in [0.717, 1.165) is 30.1 Å². The number of carbonyl (C=O) groups excluding carboxylic acids is 1. The van der Waals surface area contributed by atoms with Gasteiger partial charge in [-0.1, -0.05) is 51.0 Å². The molecule has 1 aliphatic rings. The maximum Gasteiger partial charge on any atom is 0.101 e. The molecular weight excluding hydrogens is 348 g/mol. The number of hydrogen-bond acceptors (Lipinski definition) is 3. The summed E-state index contributed by atoms with van der Waals surface area (Å²) >= 11 is 0. The number of benzene rings is 1. The standard InChI is InChI=1S/C24H34N2O2/c1-3-5-16-26(17-6-4-2)23-11-9-21(10-12-23)7-8-22-13-18-25(19-14-22)20-15-24(27)28/h7-14,18H,3-6,15-17,19-20H2,1-2H3,(H,27,28)/b8-7+. The smallest absolute Gasteiger partial charge is 0.101 e. The average Bonchev–Trinajstić information content (AvgIpc) is 2.72. The van der Waals surface area contributed by atoms with E-state index in [-0.39, 0.29) is 6.42 Å². The molecular formula is C24H34N2O2. The van der Waals surface area contributed by atoms with Crippen molar-refractivity contribution < 1.29 is 14.8 Å². The second-order valence-electron chi connectivity index (χ2n) is 7.39. The first-order valence-electron chi connectivity index (χ1n) is 10.6. The van der Waals surface area contributed by atoms with E-state index in [0.29, 0.717) is 6.54 Å². The van der Waals surface area contributed by atoms with Crippen molar-refractivity contribution in [3.8, 4) is 0 Å². The van der Waals surface area contributed by atoms with E-state index < -0.39 is 5.97 Å². The maximum atomic E-state index is 10.6.